The molecule has 0 unspecified atom stereocenters. The first kappa shape index (κ1) is 23.5. The van der Waals surface area contributed by atoms with E-state index in [0.29, 0.717) is 23.2 Å². The van der Waals surface area contributed by atoms with Gasteiger partial charge in [0.2, 0.25) is 0 Å². The number of aromatic nitrogens is 1. The Hall–Kier alpha value is -3.28. The maximum absolute atomic E-state index is 13.1. The van der Waals surface area contributed by atoms with E-state index in [1.807, 2.05) is 48.7 Å². The van der Waals surface area contributed by atoms with Gasteiger partial charge in [0.1, 0.15) is 5.75 Å². The second kappa shape index (κ2) is 10.5. The summed E-state index contributed by atoms with van der Waals surface area (Å²) in [7, 11) is 1.67. The number of methoxy groups -OCH3 is 1. The van der Waals surface area contributed by atoms with Crippen molar-refractivity contribution in [3.05, 3.63) is 100 Å². The van der Waals surface area contributed by atoms with Crippen LogP contribution in [0.2, 0.25) is 5.02 Å². The summed E-state index contributed by atoms with van der Waals surface area (Å²) < 4.78 is 7.79. The number of nitrogens with zero attached hydrogens (tertiary/aromatic N) is 1. The molecule has 0 atom stereocenters. The number of hydrogen-bond donors (Lipinski definition) is 2. The number of aryl methyl sites for hydroxylation is 1. The van der Waals surface area contributed by atoms with Gasteiger partial charge in [-0.15, -0.1) is 0 Å². The zero-order valence-electron chi connectivity index (χ0n) is 19.9. The van der Waals surface area contributed by atoms with Gasteiger partial charge in [0.05, 0.1) is 18.2 Å². The Morgan fingerprint density at radius 2 is 1.83 bits per heavy atom. The molecule has 1 aliphatic carbocycles. The van der Waals surface area contributed by atoms with E-state index in [0.717, 1.165) is 54.6 Å². The fourth-order valence-corrected chi connectivity index (χ4v) is 5.24. The molecule has 0 bridgehead atoms. The highest BCUT2D eigenvalue weighted by molar-refractivity contribution is 6.30. The number of rotatable bonds is 9. The van der Waals surface area contributed by atoms with Crippen LogP contribution in [0, 0.1) is 0 Å². The molecule has 5 nitrogen and oxygen atoms in total. The highest BCUT2D eigenvalue weighted by atomic mass is 35.5. The van der Waals surface area contributed by atoms with Crippen molar-refractivity contribution in [1.82, 2.24) is 15.2 Å². The van der Waals surface area contributed by atoms with Crippen molar-refractivity contribution in [1.29, 1.82) is 0 Å². The van der Waals surface area contributed by atoms with Crippen molar-refractivity contribution in [3.63, 3.8) is 0 Å². The quantitative estimate of drug-likeness (QED) is 0.312. The van der Waals surface area contributed by atoms with E-state index in [1.54, 1.807) is 7.11 Å². The lowest BCUT2D eigenvalue weighted by molar-refractivity contribution is 0.0952. The SMILES string of the molecule is COc1cccc2c(C(=O)NCc3cccc(Cl)c3)cn(CCCNC3Cc4ccccc4C3)c12. The summed E-state index contributed by atoms with van der Waals surface area (Å²) in [5, 5.41) is 8.30. The minimum atomic E-state index is -0.108. The van der Waals surface area contributed by atoms with Gasteiger partial charge in [0.25, 0.3) is 5.91 Å². The largest absolute Gasteiger partial charge is 0.495 e. The Labute approximate surface area is 211 Å². The predicted molar refractivity (Wildman–Crippen MR) is 141 cm³/mol. The zero-order chi connectivity index (χ0) is 24.2. The van der Waals surface area contributed by atoms with Crippen molar-refractivity contribution >= 4 is 28.4 Å². The Balaban J connectivity index is 1.26. The Bertz CT molecular complexity index is 1320. The normalized spacial score (nSPS) is 13.2. The number of carbonyl (C=O) groups excluding carboxylic acids is 1. The third kappa shape index (κ3) is 5.21. The number of benzene rings is 3. The molecule has 35 heavy (non-hydrogen) atoms. The number of halogens is 1. The van der Waals surface area contributed by atoms with Gasteiger partial charge in [0, 0.05) is 35.7 Å². The van der Waals surface area contributed by atoms with Crippen molar-refractivity contribution in [2.45, 2.75) is 38.4 Å². The van der Waals surface area contributed by atoms with E-state index in [-0.39, 0.29) is 5.91 Å². The Morgan fingerprint density at radius 3 is 2.57 bits per heavy atom. The van der Waals surface area contributed by atoms with Crippen molar-refractivity contribution in [3.8, 4) is 5.75 Å². The lowest BCUT2D eigenvalue weighted by Crippen LogP contribution is -2.30. The monoisotopic (exact) mass is 487 g/mol. The number of para-hydroxylation sites is 1. The standard InChI is InChI=1S/C29H30ClN3O2/c1-35-27-12-5-11-25-26(29(34)32-18-20-7-4-10-23(30)15-20)19-33(28(25)27)14-6-13-31-24-16-21-8-2-3-9-22(21)17-24/h2-5,7-12,15,19,24,31H,6,13-14,16-18H2,1H3,(H,32,34). The maximum Gasteiger partial charge on any atom is 0.253 e. The molecule has 1 heterocycles. The van der Waals surface area contributed by atoms with E-state index >= 15 is 0 Å². The third-order valence-corrected chi connectivity index (χ3v) is 6.96. The summed E-state index contributed by atoms with van der Waals surface area (Å²) in [5.41, 5.74) is 5.49. The van der Waals surface area contributed by atoms with Crippen LogP contribution in [0.15, 0.2) is 72.9 Å². The molecule has 0 radical (unpaired) electrons. The number of amides is 1. The lowest BCUT2D eigenvalue weighted by Gasteiger charge is -2.13. The highest BCUT2D eigenvalue weighted by Gasteiger charge is 2.21. The van der Waals surface area contributed by atoms with Crippen LogP contribution in [-0.2, 0) is 25.9 Å². The molecule has 180 valence electrons. The Morgan fingerprint density at radius 1 is 1.06 bits per heavy atom. The number of carbonyl (C=O) groups is 1. The average molecular weight is 488 g/mol. The van der Waals surface area contributed by atoms with Gasteiger partial charge in [-0.25, -0.2) is 0 Å². The van der Waals surface area contributed by atoms with Crippen molar-refractivity contribution in [2.75, 3.05) is 13.7 Å². The molecule has 4 aromatic rings. The minimum Gasteiger partial charge on any atom is -0.495 e. The topological polar surface area (TPSA) is 55.3 Å². The van der Waals surface area contributed by atoms with Gasteiger partial charge >= 0.3 is 0 Å². The van der Waals surface area contributed by atoms with Crippen LogP contribution in [0.1, 0.15) is 33.5 Å². The summed E-state index contributed by atoms with van der Waals surface area (Å²) in [6.45, 7) is 2.14. The zero-order valence-corrected chi connectivity index (χ0v) is 20.6. The average Bonchev–Trinajstić information content (AvgIpc) is 3.46. The number of hydrogen-bond acceptors (Lipinski definition) is 3. The molecular weight excluding hydrogens is 458 g/mol. The molecule has 0 fully saturated rings. The molecule has 5 rings (SSSR count). The first-order valence-electron chi connectivity index (χ1n) is 12.1. The second-order valence-corrected chi connectivity index (χ2v) is 9.52. The predicted octanol–water partition coefficient (Wildman–Crippen LogP) is 5.38. The van der Waals surface area contributed by atoms with Gasteiger partial charge in [-0.05, 0) is 60.7 Å². The van der Waals surface area contributed by atoms with Crippen LogP contribution in [0.25, 0.3) is 10.9 Å². The molecule has 0 aliphatic heterocycles. The number of fused-ring (bicyclic) bond motifs is 2. The van der Waals surface area contributed by atoms with E-state index in [4.69, 9.17) is 16.3 Å². The van der Waals surface area contributed by atoms with Crippen LogP contribution in [0.4, 0.5) is 0 Å². The maximum atomic E-state index is 13.1. The fraction of sp³-hybridized carbons (Fsp3) is 0.276. The lowest BCUT2D eigenvalue weighted by atomic mass is 10.1. The fourth-order valence-electron chi connectivity index (χ4n) is 5.03. The van der Waals surface area contributed by atoms with Crippen LogP contribution in [0.5, 0.6) is 5.75 Å². The van der Waals surface area contributed by atoms with E-state index < -0.39 is 0 Å². The molecule has 0 saturated carbocycles. The number of ether oxygens (including phenoxy) is 1. The molecule has 0 saturated heterocycles. The van der Waals surface area contributed by atoms with Crippen LogP contribution in [-0.4, -0.2) is 30.2 Å². The van der Waals surface area contributed by atoms with Gasteiger partial charge in [-0.3, -0.25) is 4.79 Å². The molecule has 1 amide bonds. The molecule has 1 aromatic heterocycles. The molecular formula is C29H30ClN3O2. The minimum absolute atomic E-state index is 0.108. The van der Waals surface area contributed by atoms with Gasteiger partial charge in [-0.1, -0.05) is 60.1 Å². The van der Waals surface area contributed by atoms with Crippen LogP contribution >= 0.6 is 11.6 Å². The third-order valence-electron chi connectivity index (χ3n) is 6.73. The van der Waals surface area contributed by atoms with Crippen LogP contribution < -0.4 is 15.4 Å². The van der Waals surface area contributed by atoms with E-state index in [9.17, 15) is 4.79 Å². The summed E-state index contributed by atoms with van der Waals surface area (Å²) in [6, 6.07) is 22.6. The van der Waals surface area contributed by atoms with Gasteiger partial charge in [-0.2, -0.15) is 0 Å². The summed E-state index contributed by atoms with van der Waals surface area (Å²) >= 11 is 6.08. The van der Waals surface area contributed by atoms with E-state index in [1.165, 1.54) is 11.1 Å². The van der Waals surface area contributed by atoms with Gasteiger partial charge < -0.3 is 19.9 Å². The second-order valence-electron chi connectivity index (χ2n) is 9.09. The van der Waals surface area contributed by atoms with Crippen LogP contribution in [0.3, 0.4) is 0 Å². The first-order valence-corrected chi connectivity index (χ1v) is 12.5. The smallest absolute Gasteiger partial charge is 0.253 e. The highest BCUT2D eigenvalue weighted by Crippen LogP contribution is 2.30. The summed E-state index contributed by atoms with van der Waals surface area (Å²) in [5.74, 6) is 0.666. The van der Waals surface area contributed by atoms with Crippen molar-refractivity contribution in [2.24, 2.45) is 0 Å². The summed E-state index contributed by atoms with van der Waals surface area (Å²) in [6.07, 6.45) is 5.09. The molecule has 0 spiro atoms. The Kier molecular flexibility index (Phi) is 7.07. The first-order chi connectivity index (χ1) is 17.1. The number of nitrogens with one attached hydrogen (secondary N) is 2. The van der Waals surface area contributed by atoms with E-state index in [2.05, 4.69) is 39.5 Å². The summed E-state index contributed by atoms with van der Waals surface area (Å²) in [4.78, 5) is 13.1. The molecule has 3 aromatic carbocycles. The molecule has 6 heteroatoms. The van der Waals surface area contributed by atoms with Gasteiger partial charge in [0.15, 0.2) is 0 Å². The molecule has 1 aliphatic rings. The molecule has 2 N–H and O–H groups in total. The van der Waals surface area contributed by atoms with Crippen molar-refractivity contribution < 1.29 is 9.53 Å².